The minimum Gasteiger partial charge on any atom is -0.491 e. The van der Waals surface area contributed by atoms with E-state index in [0.29, 0.717) is 6.61 Å². The molecule has 0 bridgehead atoms. The smallest absolute Gasteiger partial charge is 0.183 e. The maximum atomic E-state index is 14.2. The molecule has 0 saturated heterocycles. The molecule has 0 amide bonds. The zero-order valence-corrected chi connectivity index (χ0v) is 18.4. The summed E-state index contributed by atoms with van der Waals surface area (Å²) < 4.78 is 19.5. The van der Waals surface area contributed by atoms with Crippen molar-refractivity contribution in [1.29, 1.82) is 0 Å². The summed E-state index contributed by atoms with van der Waals surface area (Å²) in [4.78, 5) is 0. The highest BCUT2D eigenvalue weighted by Gasteiger charge is 2.14. The van der Waals surface area contributed by atoms with Crippen LogP contribution < -0.4 is 4.74 Å². The third kappa shape index (κ3) is 5.85. The van der Waals surface area contributed by atoms with Gasteiger partial charge in [0.1, 0.15) is 0 Å². The van der Waals surface area contributed by atoms with Crippen LogP contribution in [-0.2, 0) is 12.8 Å². The van der Waals surface area contributed by atoms with Crippen molar-refractivity contribution in [3.8, 4) is 5.75 Å². The minimum absolute atomic E-state index is 0.200. The summed E-state index contributed by atoms with van der Waals surface area (Å²) in [5.41, 5.74) is 5.10. The molecule has 0 fully saturated rings. The molecule has 1 unspecified atom stereocenters. The van der Waals surface area contributed by atoms with Crippen LogP contribution in [0.1, 0.15) is 69.1 Å². The zero-order chi connectivity index (χ0) is 20.6. The topological polar surface area (TPSA) is 9.23 Å². The predicted octanol–water partition coefficient (Wildman–Crippen LogP) is 8.04. The van der Waals surface area contributed by atoms with Gasteiger partial charge in [-0.2, -0.15) is 0 Å². The lowest BCUT2D eigenvalue weighted by molar-refractivity contribution is 0.321. The molecule has 0 radical (unpaired) electrons. The van der Waals surface area contributed by atoms with Crippen molar-refractivity contribution in [2.75, 3.05) is 6.61 Å². The molecule has 1 aliphatic carbocycles. The van der Waals surface area contributed by atoms with Gasteiger partial charge in [-0.3, -0.25) is 0 Å². The van der Waals surface area contributed by atoms with Crippen molar-refractivity contribution in [1.82, 2.24) is 0 Å². The van der Waals surface area contributed by atoms with Gasteiger partial charge >= 0.3 is 0 Å². The summed E-state index contributed by atoms with van der Waals surface area (Å²) in [6.07, 6.45) is 11.3. The van der Waals surface area contributed by atoms with Gasteiger partial charge in [0.15, 0.2) is 11.6 Å². The standard InChI is InChI=1S/C26H32ClFO/c1-3-19-9-13-21(14-10-19)22-15-11-20(12-16-22)7-5-6-8-23-17-18-24(29-4-2)26(28)25(23)27/h11-13,15-19H,3-10,14H2,1-2H3. The van der Waals surface area contributed by atoms with Crippen LogP contribution in [0.2, 0.25) is 5.02 Å². The number of aryl methyl sites for hydroxylation is 2. The van der Waals surface area contributed by atoms with E-state index in [1.165, 1.54) is 42.4 Å². The summed E-state index contributed by atoms with van der Waals surface area (Å²) in [5, 5.41) is 0.200. The first-order chi connectivity index (χ1) is 14.1. The Kier molecular flexibility index (Phi) is 8.18. The average molecular weight is 415 g/mol. The van der Waals surface area contributed by atoms with Gasteiger partial charge in [0.2, 0.25) is 0 Å². The van der Waals surface area contributed by atoms with Crippen LogP contribution in [0.5, 0.6) is 5.75 Å². The van der Waals surface area contributed by atoms with E-state index in [-0.39, 0.29) is 10.8 Å². The van der Waals surface area contributed by atoms with Crippen molar-refractivity contribution in [2.24, 2.45) is 5.92 Å². The van der Waals surface area contributed by atoms with Crippen LogP contribution in [0.25, 0.3) is 5.57 Å². The van der Waals surface area contributed by atoms with Gasteiger partial charge in [-0.25, -0.2) is 4.39 Å². The summed E-state index contributed by atoms with van der Waals surface area (Å²) >= 11 is 6.18. The number of allylic oxidation sites excluding steroid dienone is 2. The number of hydrogen-bond donors (Lipinski definition) is 0. The van der Waals surface area contributed by atoms with E-state index in [2.05, 4.69) is 37.3 Å². The van der Waals surface area contributed by atoms with E-state index in [4.69, 9.17) is 16.3 Å². The number of halogens is 2. The van der Waals surface area contributed by atoms with E-state index in [9.17, 15) is 4.39 Å². The Bertz CT molecular complexity index is 825. The van der Waals surface area contributed by atoms with Gasteiger partial charge < -0.3 is 4.74 Å². The fraction of sp³-hybridized carbons (Fsp3) is 0.462. The van der Waals surface area contributed by atoms with Gasteiger partial charge in [0, 0.05) is 0 Å². The highest BCUT2D eigenvalue weighted by molar-refractivity contribution is 6.31. The molecule has 1 nitrogen and oxygen atoms in total. The maximum absolute atomic E-state index is 14.2. The maximum Gasteiger partial charge on any atom is 0.183 e. The predicted molar refractivity (Wildman–Crippen MR) is 121 cm³/mol. The molecule has 0 aromatic heterocycles. The Morgan fingerprint density at radius 3 is 2.45 bits per heavy atom. The van der Waals surface area contributed by atoms with Crippen molar-refractivity contribution in [3.63, 3.8) is 0 Å². The molecule has 0 saturated carbocycles. The fourth-order valence-electron chi connectivity index (χ4n) is 4.08. The second kappa shape index (κ2) is 10.8. The second-order valence-electron chi connectivity index (χ2n) is 7.97. The summed E-state index contributed by atoms with van der Waals surface area (Å²) in [7, 11) is 0. The summed E-state index contributed by atoms with van der Waals surface area (Å²) in [5.74, 6) is 0.666. The molecule has 0 aliphatic heterocycles. The lowest BCUT2D eigenvalue weighted by Crippen LogP contribution is -2.03. The number of hydrogen-bond acceptors (Lipinski definition) is 1. The highest BCUT2D eigenvalue weighted by Crippen LogP contribution is 2.32. The van der Waals surface area contributed by atoms with E-state index < -0.39 is 5.82 Å². The monoisotopic (exact) mass is 414 g/mol. The van der Waals surface area contributed by atoms with Crippen LogP contribution >= 0.6 is 11.6 Å². The van der Waals surface area contributed by atoms with Crippen molar-refractivity contribution in [2.45, 2.75) is 65.2 Å². The number of ether oxygens (including phenoxy) is 1. The Balaban J connectivity index is 1.48. The molecule has 156 valence electrons. The van der Waals surface area contributed by atoms with E-state index in [1.54, 1.807) is 6.07 Å². The second-order valence-corrected chi connectivity index (χ2v) is 8.34. The Hall–Kier alpha value is -1.80. The Morgan fingerprint density at radius 2 is 1.79 bits per heavy atom. The zero-order valence-electron chi connectivity index (χ0n) is 17.6. The molecule has 29 heavy (non-hydrogen) atoms. The molecule has 0 spiro atoms. The van der Waals surface area contributed by atoms with E-state index >= 15 is 0 Å². The SMILES string of the molecule is CCOc1ccc(CCCCc2ccc(C3=CCC(CC)CC3)cc2)c(Cl)c1F. The van der Waals surface area contributed by atoms with Crippen LogP contribution in [-0.4, -0.2) is 6.61 Å². The van der Waals surface area contributed by atoms with E-state index in [1.807, 2.05) is 13.0 Å². The van der Waals surface area contributed by atoms with Gasteiger partial charge in [0.25, 0.3) is 0 Å². The molecule has 2 aromatic rings. The van der Waals surface area contributed by atoms with Crippen LogP contribution in [0, 0.1) is 11.7 Å². The normalized spacial score (nSPS) is 16.6. The van der Waals surface area contributed by atoms with Crippen molar-refractivity contribution >= 4 is 17.2 Å². The minimum atomic E-state index is -0.441. The van der Waals surface area contributed by atoms with Crippen LogP contribution in [0.15, 0.2) is 42.5 Å². The molecule has 1 atom stereocenters. The van der Waals surface area contributed by atoms with Gasteiger partial charge in [-0.1, -0.05) is 61.4 Å². The molecular weight excluding hydrogens is 383 g/mol. The molecule has 0 heterocycles. The highest BCUT2D eigenvalue weighted by atomic mass is 35.5. The lowest BCUT2D eigenvalue weighted by Gasteiger charge is -2.20. The van der Waals surface area contributed by atoms with Crippen LogP contribution in [0.4, 0.5) is 4.39 Å². The summed E-state index contributed by atoms with van der Waals surface area (Å²) in [6.45, 7) is 4.56. The lowest BCUT2D eigenvalue weighted by atomic mass is 9.85. The largest absolute Gasteiger partial charge is 0.491 e. The first kappa shape index (κ1) is 21.9. The molecule has 0 N–H and O–H groups in total. The van der Waals surface area contributed by atoms with Gasteiger partial charge in [0.05, 0.1) is 11.6 Å². The molecule has 2 aromatic carbocycles. The number of benzene rings is 2. The molecular formula is C26H32ClFO. The first-order valence-electron chi connectivity index (χ1n) is 11.0. The molecule has 1 aliphatic rings. The van der Waals surface area contributed by atoms with Crippen molar-refractivity contribution < 1.29 is 9.13 Å². The average Bonchev–Trinajstić information content (AvgIpc) is 2.76. The first-order valence-corrected chi connectivity index (χ1v) is 11.4. The fourth-order valence-corrected chi connectivity index (χ4v) is 4.33. The van der Waals surface area contributed by atoms with Gasteiger partial charge in [-0.05, 0) is 86.1 Å². The number of rotatable bonds is 9. The quantitative estimate of drug-likeness (QED) is 0.377. The molecule has 3 rings (SSSR count). The number of unbranched alkanes of at least 4 members (excludes halogenated alkanes) is 1. The summed E-state index contributed by atoms with van der Waals surface area (Å²) in [6, 6.07) is 12.6. The van der Waals surface area contributed by atoms with Crippen LogP contribution in [0.3, 0.4) is 0 Å². The Labute approximate surface area is 179 Å². The molecule has 3 heteroatoms. The third-order valence-corrected chi connectivity index (χ3v) is 6.42. The van der Waals surface area contributed by atoms with E-state index in [0.717, 1.165) is 37.2 Å². The third-order valence-electron chi connectivity index (χ3n) is 6.01. The van der Waals surface area contributed by atoms with Gasteiger partial charge in [-0.15, -0.1) is 0 Å². The van der Waals surface area contributed by atoms with Crippen molar-refractivity contribution in [3.05, 3.63) is 70.0 Å². The Morgan fingerprint density at radius 1 is 1.03 bits per heavy atom.